The molecule has 2 fully saturated rings. The Labute approximate surface area is 172 Å². The zero-order chi connectivity index (χ0) is 20.1. The van der Waals surface area contributed by atoms with Gasteiger partial charge in [-0.05, 0) is 23.5 Å². The number of carbonyl (C=O) groups is 2. The van der Waals surface area contributed by atoms with Crippen LogP contribution in [0.1, 0.15) is 29.9 Å². The minimum absolute atomic E-state index is 0.0639. The molecule has 0 spiro atoms. The lowest BCUT2D eigenvalue weighted by Gasteiger charge is -2.34. The van der Waals surface area contributed by atoms with Gasteiger partial charge in [0.2, 0.25) is 11.8 Å². The molecule has 1 saturated carbocycles. The Hall–Kier alpha value is -2.66. The third-order valence-electron chi connectivity index (χ3n) is 5.97. The second kappa shape index (κ2) is 9.23. The molecule has 0 radical (unpaired) electrons. The van der Waals surface area contributed by atoms with Crippen LogP contribution >= 0.6 is 0 Å². The highest BCUT2D eigenvalue weighted by atomic mass is 16.2. The van der Waals surface area contributed by atoms with Crippen molar-refractivity contribution in [3.63, 3.8) is 0 Å². The van der Waals surface area contributed by atoms with Gasteiger partial charge in [-0.3, -0.25) is 14.5 Å². The third kappa shape index (κ3) is 5.24. The van der Waals surface area contributed by atoms with Crippen molar-refractivity contribution in [2.45, 2.75) is 25.3 Å². The number of hydrogen-bond acceptors (Lipinski definition) is 3. The zero-order valence-electron chi connectivity index (χ0n) is 16.8. The molecule has 0 aromatic heterocycles. The summed E-state index contributed by atoms with van der Waals surface area (Å²) < 4.78 is 0. The first-order chi connectivity index (χ1) is 14.2. The van der Waals surface area contributed by atoms with Crippen LogP contribution in [0.3, 0.4) is 0 Å². The monoisotopic (exact) mass is 391 g/mol. The zero-order valence-corrected chi connectivity index (χ0v) is 16.8. The van der Waals surface area contributed by atoms with Crippen LogP contribution in [0.4, 0.5) is 0 Å². The van der Waals surface area contributed by atoms with Crippen LogP contribution in [0.2, 0.25) is 0 Å². The van der Waals surface area contributed by atoms with Crippen LogP contribution in [0.25, 0.3) is 0 Å². The van der Waals surface area contributed by atoms with Gasteiger partial charge in [-0.1, -0.05) is 60.7 Å². The predicted molar refractivity (Wildman–Crippen MR) is 113 cm³/mol. The number of benzene rings is 2. The van der Waals surface area contributed by atoms with Crippen molar-refractivity contribution < 1.29 is 9.59 Å². The van der Waals surface area contributed by atoms with Gasteiger partial charge in [-0.15, -0.1) is 0 Å². The number of piperazine rings is 1. The van der Waals surface area contributed by atoms with Crippen molar-refractivity contribution in [3.05, 3.63) is 71.8 Å². The summed E-state index contributed by atoms with van der Waals surface area (Å²) in [5.74, 6) is 0.623. The van der Waals surface area contributed by atoms with Gasteiger partial charge in [-0.25, -0.2) is 0 Å². The molecule has 2 aliphatic rings. The van der Waals surface area contributed by atoms with E-state index in [9.17, 15) is 9.59 Å². The number of nitrogens with zero attached hydrogens (tertiary/aromatic N) is 2. The molecule has 152 valence electrons. The lowest BCUT2D eigenvalue weighted by molar-refractivity contribution is -0.133. The minimum atomic E-state index is 0.0639. The Bertz CT molecular complexity index is 817. The van der Waals surface area contributed by atoms with Crippen molar-refractivity contribution in [1.29, 1.82) is 0 Å². The van der Waals surface area contributed by atoms with E-state index in [1.165, 1.54) is 11.1 Å². The highest BCUT2D eigenvalue weighted by molar-refractivity contribution is 5.83. The first-order valence-electron chi connectivity index (χ1n) is 10.6. The van der Waals surface area contributed by atoms with Gasteiger partial charge in [0.05, 0.1) is 0 Å². The number of rotatable bonds is 7. The smallest absolute Gasteiger partial charge is 0.224 e. The Balaban J connectivity index is 1.13. The summed E-state index contributed by atoms with van der Waals surface area (Å²) >= 11 is 0. The Morgan fingerprint density at radius 2 is 1.55 bits per heavy atom. The van der Waals surface area contributed by atoms with Gasteiger partial charge in [0.1, 0.15) is 0 Å². The van der Waals surface area contributed by atoms with E-state index in [0.29, 0.717) is 18.9 Å². The average Bonchev–Trinajstić information content (AvgIpc) is 3.57. The van der Waals surface area contributed by atoms with Crippen molar-refractivity contribution >= 4 is 11.8 Å². The quantitative estimate of drug-likeness (QED) is 0.790. The van der Waals surface area contributed by atoms with Crippen LogP contribution in [-0.2, 0) is 16.1 Å². The summed E-state index contributed by atoms with van der Waals surface area (Å²) in [6, 6.07) is 20.6. The lowest BCUT2D eigenvalue weighted by Crippen LogP contribution is -2.48. The molecule has 1 aliphatic carbocycles. The van der Waals surface area contributed by atoms with Crippen LogP contribution in [0, 0.1) is 5.92 Å². The van der Waals surface area contributed by atoms with Crippen molar-refractivity contribution in [3.8, 4) is 0 Å². The summed E-state index contributed by atoms with van der Waals surface area (Å²) in [6.07, 6.45) is 1.29. The summed E-state index contributed by atoms with van der Waals surface area (Å²) in [5, 5.41) is 2.96. The molecule has 1 aliphatic heterocycles. The average molecular weight is 392 g/mol. The molecule has 2 aromatic rings. The molecule has 1 saturated heterocycles. The molecular weight excluding hydrogens is 362 g/mol. The van der Waals surface area contributed by atoms with Crippen molar-refractivity contribution in [2.75, 3.05) is 32.7 Å². The molecule has 2 unspecified atom stereocenters. The van der Waals surface area contributed by atoms with E-state index in [4.69, 9.17) is 0 Å². The standard InChI is InChI=1S/C24H29N3O2/c28-23(27-15-13-26(14-16-27)18-19-7-3-1-4-8-19)11-12-25-24(29)22-17-21(22)20-9-5-2-6-10-20/h1-10,21-22H,11-18H2,(H,25,29). The van der Waals surface area contributed by atoms with Crippen molar-refractivity contribution in [1.82, 2.24) is 15.1 Å². The number of carbonyl (C=O) groups excluding carboxylic acids is 2. The van der Waals surface area contributed by atoms with E-state index in [-0.39, 0.29) is 17.7 Å². The van der Waals surface area contributed by atoms with Gasteiger partial charge in [0.15, 0.2) is 0 Å². The highest BCUT2D eigenvalue weighted by Crippen LogP contribution is 2.47. The van der Waals surface area contributed by atoms with E-state index in [1.54, 1.807) is 0 Å². The maximum Gasteiger partial charge on any atom is 0.224 e. The first kappa shape index (κ1) is 19.6. The SMILES string of the molecule is O=C(NCCC(=O)N1CCN(Cc2ccccc2)CC1)C1CC1c1ccccc1. The molecule has 29 heavy (non-hydrogen) atoms. The van der Waals surface area contributed by atoms with Crippen molar-refractivity contribution in [2.24, 2.45) is 5.92 Å². The number of amides is 2. The second-order valence-electron chi connectivity index (χ2n) is 8.04. The topological polar surface area (TPSA) is 52.7 Å². The maximum atomic E-state index is 12.5. The van der Waals surface area contributed by atoms with Gasteiger partial charge in [0.25, 0.3) is 0 Å². The highest BCUT2D eigenvalue weighted by Gasteiger charge is 2.43. The summed E-state index contributed by atoms with van der Waals surface area (Å²) in [5.41, 5.74) is 2.54. The molecule has 4 rings (SSSR count). The maximum absolute atomic E-state index is 12.5. The normalized spacial score (nSPS) is 21.6. The van der Waals surface area contributed by atoms with E-state index in [0.717, 1.165) is 39.1 Å². The molecule has 2 atom stereocenters. The molecule has 2 amide bonds. The Morgan fingerprint density at radius 1 is 0.897 bits per heavy atom. The summed E-state index contributed by atoms with van der Waals surface area (Å²) in [7, 11) is 0. The van der Waals surface area contributed by atoms with Gasteiger partial charge < -0.3 is 10.2 Å². The molecule has 1 N–H and O–H groups in total. The Kier molecular flexibility index (Phi) is 6.25. The molecule has 0 bridgehead atoms. The minimum Gasteiger partial charge on any atom is -0.355 e. The largest absolute Gasteiger partial charge is 0.355 e. The van der Waals surface area contributed by atoms with E-state index < -0.39 is 0 Å². The Morgan fingerprint density at radius 3 is 2.24 bits per heavy atom. The van der Waals surface area contributed by atoms with Crippen LogP contribution in [0.15, 0.2) is 60.7 Å². The fourth-order valence-corrected chi connectivity index (χ4v) is 4.13. The molecule has 2 aromatic carbocycles. The van der Waals surface area contributed by atoms with Gasteiger partial charge in [-0.2, -0.15) is 0 Å². The lowest BCUT2D eigenvalue weighted by atomic mass is 10.1. The van der Waals surface area contributed by atoms with E-state index >= 15 is 0 Å². The molecule has 5 nitrogen and oxygen atoms in total. The van der Waals surface area contributed by atoms with Crippen LogP contribution in [0.5, 0.6) is 0 Å². The fraction of sp³-hybridized carbons (Fsp3) is 0.417. The predicted octanol–water partition coefficient (Wildman–Crippen LogP) is 2.64. The molecule has 1 heterocycles. The van der Waals surface area contributed by atoms with E-state index in [1.807, 2.05) is 29.2 Å². The number of hydrogen-bond donors (Lipinski definition) is 1. The summed E-state index contributed by atoms with van der Waals surface area (Å²) in [6.45, 7) is 4.68. The van der Waals surface area contributed by atoms with Gasteiger partial charge in [0, 0.05) is 51.6 Å². The molecule has 5 heteroatoms. The van der Waals surface area contributed by atoms with Crippen LogP contribution < -0.4 is 5.32 Å². The third-order valence-corrected chi connectivity index (χ3v) is 5.97. The number of nitrogens with one attached hydrogen (secondary N) is 1. The summed E-state index contributed by atoms with van der Waals surface area (Å²) in [4.78, 5) is 29.1. The molecular formula is C24H29N3O2. The van der Waals surface area contributed by atoms with Gasteiger partial charge >= 0.3 is 0 Å². The van der Waals surface area contributed by atoms with Crippen LogP contribution in [-0.4, -0.2) is 54.3 Å². The second-order valence-corrected chi connectivity index (χ2v) is 8.04. The first-order valence-corrected chi connectivity index (χ1v) is 10.6. The van der Waals surface area contributed by atoms with E-state index in [2.05, 4.69) is 46.6 Å². The fourth-order valence-electron chi connectivity index (χ4n) is 4.13.